The SMILES string of the molecule is CC(C)(C)c1cc(-c2cccc(C(c3ccccc3)(c3ccccc3)c3ccccn3)n2)[n-]n1.[Pt+2].c1ccc2c(c1)[n-]c1ccccc12. The Labute approximate surface area is 295 Å². The fourth-order valence-corrected chi connectivity index (χ4v) is 6.15. The van der Waals surface area contributed by atoms with Gasteiger partial charge in [0.1, 0.15) is 5.41 Å². The molecule has 4 aromatic carbocycles. The van der Waals surface area contributed by atoms with E-state index in [1.54, 1.807) is 0 Å². The molecule has 0 atom stereocenters. The molecule has 0 fully saturated rings. The first-order valence-electron chi connectivity index (χ1n) is 15.9. The molecule has 0 aliphatic carbocycles. The summed E-state index contributed by atoms with van der Waals surface area (Å²) in [4.78, 5) is 14.6. The molecule has 0 radical (unpaired) electrons. The van der Waals surface area contributed by atoms with Crippen molar-refractivity contribution in [3.05, 3.63) is 186 Å². The van der Waals surface area contributed by atoms with Gasteiger partial charge in [0.15, 0.2) is 0 Å². The number of hydrogen-bond donors (Lipinski definition) is 0. The summed E-state index contributed by atoms with van der Waals surface area (Å²) in [7, 11) is 0. The molecule has 0 N–H and O–H groups in total. The van der Waals surface area contributed by atoms with E-state index in [4.69, 9.17) is 9.97 Å². The number of fused-ring (bicyclic) bond motifs is 3. The summed E-state index contributed by atoms with van der Waals surface area (Å²) in [6, 6.07) is 51.6. The number of hydrogen-bond acceptors (Lipinski definition) is 3. The summed E-state index contributed by atoms with van der Waals surface area (Å²) in [6.07, 6.45) is 1.85. The van der Waals surface area contributed by atoms with Crippen molar-refractivity contribution in [1.82, 2.24) is 25.1 Å². The van der Waals surface area contributed by atoms with Gasteiger partial charge in [0.05, 0.1) is 11.4 Å². The third-order valence-electron chi connectivity index (χ3n) is 8.50. The van der Waals surface area contributed by atoms with E-state index in [1.807, 2.05) is 60.8 Å². The third kappa shape index (κ3) is 6.26. The predicted octanol–water partition coefficient (Wildman–Crippen LogP) is 9.12. The average Bonchev–Trinajstić information content (AvgIpc) is 3.77. The summed E-state index contributed by atoms with van der Waals surface area (Å²) in [5, 5.41) is 11.4. The van der Waals surface area contributed by atoms with Crippen LogP contribution in [0.15, 0.2) is 158 Å². The van der Waals surface area contributed by atoms with Crippen LogP contribution in [0.25, 0.3) is 33.2 Å². The zero-order valence-electron chi connectivity index (χ0n) is 27.1. The Morgan fingerprint density at radius 2 is 1.06 bits per heavy atom. The van der Waals surface area contributed by atoms with Crippen LogP contribution in [0.5, 0.6) is 0 Å². The van der Waals surface area contributed by atoms with Gasteiger partial charge < -0.3 is 15.2 Å². The smallest absolute Gasteiger partial charge is 0.657 e. The van der Waals surface area contributed by atoms with Crippen molar-refractivity contribution in [3.8, 4) is 11.4 Å². The molecule has 0 spiro atoms. The molecular formula is C42H35N5Pt. The van der Waals surface area contributed by atoms with E-state index < -0.39 is 5.41 Å². The van der Waals surface area contributed by atoms with E-state index in [9.17, 15) is 0 Å². The van der Waals surface area contributed by atoms with Crippen molar-refractivity contribution in [1.29, 1.82) is 0 Å². The molecule has 0 saturated heterocycles. The first-order chi connectivity index (χ1) is 22.9. The molecule has 0 aliphatic heterocycles. The second-order valence-electron chi connectivity index (χ2n) is 12.6. The van der Waals surface area contributed by atoms with Crippen molar-refractivity contribution < 1.29 is 21.1 Å². The average molecular weight is 805 g/mol. The van der Waals surface area contributed by atoms with Crippen LogP contribution in [-0.2, 0) is 31.9 Å². The van der Waals surface area contributed by atoms with Crippen LogP contribution >= 0.6 is 0 Å². The number of nitrogens with zero attached hydrogens (tertiary/aromatic N) is 5. The summed E-state index contributed by atoms with van der Waals surface area (Å²) in [5.41, 5.74) is 7.96. The van der Waals surface area contributed by atoms with E-state index >= 15 is 0 Å². The monoisotopic (exact) mass is 804 g/mol. The van der Waals surface area contributed by atoms with Gasteiger partial charge in [-0.2, -0.15) is 0 Å². The van der Waals surface area contributed by atoms with Crippen LogP contribution in [0, 0.1) is 0 Å². The Balaban J connectivity index is 0.000000238. The second-order valence-corrected chi connectivity index (χ2v) is 12.6. The van der Waals surface area contributed by atoms with Crippen LogP contribution in [0.3, 0.4) is 0 Å². The minimum atomic E-state index is -0.688. The molecule has 6 heteroatoms. The van der Waals surface area contributed by atoms with Gasteiger partial charge >= 0.3 is 21.1 Å². The summed E-state index contributed by atoms with van der Waals surface area (Å²) >= 11 is 0. The number of pyridine rings is 2. The van der Waals surface area contributed by atoms with E-state index in [2.05, 4.69) is 133 Å². The largest absolute Gasteiger partial charge is 2.00 e. The summed E-state index contributed by atoms with van der Waals surface area (Å²) < 4.78 is 0. The molecule has 4 aromatic heterocycles. The molecular weight excluding hydrogens is 770 g/mol. The van der Waals surface area contributed by atoms with Crippen molar-refractivity contribution in [3.63, 3.8) is 0 Å². The zero-order valence-corrected chi connectivity index (χ0v) is 29.3. The minimum absolute atomic E-state index is 0. The number of rotatable bonds is 5. The van der Waals surface area contributed by atoms with Crippen molar-refractivity contribution in [2.75, 3.05) is 0 Å². The van der Waals surface area contributed by atoms with Gasteiger partial charge in [0.25, 0.3) is 0 Å². The molecule has 8 rings (SSSR count). The molecule has 8 aromatic rings. The Hall–Kier alpha value is -5.12. The normalized spacial score (nSPS) is 11.5. The van der Waals surface area contributed by atoms with Crippen molar-refractivity contribution >= 4 is 21.8 Å². The quantitative estimate of drug-likeness (QED) is 0.174. The predicted molar refractivity (Wildman–Crippen MR) is 190 cm³/mol. The molecule has 0 aliphatic rings. The fourth-order valence-electron chi connectivity index (χ4n) is 6.15. The molecule has 5 nitrogen and oxygen atoms in total. The van der Waals surface area contributed by atoms with E-state index in [1.165, 1.54) is 10.8 Å². The van der Waals surface area contributed by atoms with Gasteiger partial charge in [0.2, 0.25) is 0 Å². The molecule has 238 valence electrons. The Bertz CT molecular complexity index is 2090. The Morgan fingerprint density at radius 3 is 1.60 bits per heavy atom. The van der Waals surface area contributed by atoms with Crippen molar-refractivity contribution in [2.24, 2.45) is 0 Å². The van der Waals surface area contributed by atoms with Crippen LogP contribution < -0.4 is 10.1 Å². The first-order valence-corrected chi connectivity index (χ1v) is 15.9. The Morgan fingerprint density at radius 1 is 0.521 bits per heavy atom. The fraction of sp³-hybridized carbons (Fsp3) is 0.119. The van der Waals surface area contributed by atoms with Gasteiger partial charge in [0, 0.05) is 23.0 Å². The molecule has 0 bridgehead atoms. The van der Waals surface area contributed by atoms with Crippen molar-refractivity contribution in [2.45, 2.75) is 31.6 Å². The third-order valence-corrected chi connectivity index (χ3v) is 8.50. The second kappa shape index (κ2) is 13.9. The number of aromatic nitrogens is 5. The first kappa shape index (κ1) is 32.8. The van der Waals surface area contributed by atoms with Gasteiger partial charge in [-0.15, -0.1) is 11.0 Å². The maximum absolute atomic E-state index is 5.20. The summed E-state index contributed by atoms with van der Waals surface area (Å²) in [6.45, 7) is 6.42. The van der Waals surface area contributed by atoms with Gasteiger partial charge in [-0.25, -0.2) is 0 Å². The van der Waals surface area contributed by atoms with E-state index in [0.717, 1.165) is 50.6 Å². The minimum Gasteiger partial charge on any atom is -0.657 e. The van der Waals surface area contributed by atoms with Gasteiger partial charge in [-0.05, 0) is 46.2 Å². The molecule has 0 amide bonds. The number of benzene rings is 4. The molecule has 4 heterocycles. The molecule has 0 saturated carbocycles. The van der Waals surface area contributed by atoms with E-state index in [0.29, 0.717) is 0 Å². The van der Waals surface area contributed by atoms with Crippen LogP contribution in [0.1, 0.15) is 49.0 Å². The van der Waals surface area contributed by atoms with E-state index in [-0.39, 0.29) is 26.5 Å². The molecule has 48 heavy (non-hydrogen) atoms. The number of para-hydroxylation sites is 2. The van der Waals surface area contributed by atoms with Gasteiger partial charge in [-0.1, -0.05) is 154 Å². The van der Waals surface area contributed by atoms with Crippen LogP contribution in [-0.4, -0.2) is 15.1 Å². The Kier molecular flexibility index (Phi) is 9.52. The van der Waals surface area contributed by atoms with Crippen LogP contribution in [0.4, 0.5) is 0 Å². The summed E-state index contributed by atoms with van der Waals surface area (Å²) in [5.74, 6) is 0. The zero-order chi connectivity index (χ0) is 32.3. The maximum atomic E-state index is 5.20. The van der Waals surface area contributed by atoms with Crippen LogP contribution in [0.2, 0.25) is 0 Å². The maximum Gasteiger partial charge on any atom is 2.00 e. The molecule has 0 unspecified atom stereocenters. The topological polar surface area (TPSA) is 66.9 Å². The van der Waals surface area contributed by atoms with Gasteiger partial charge in [-0.3, -0.25) is 9.97 Å². The standard InChI is InChI=1S/C30H27N4.C12H8N.Pt/c1-29(2,3)28-21-25(33-34-28)24-17-12-19-27(32-24)30(22-13-6-4-7-14-22,23-15-8-5-9-16-23)26-18-10-11-20-31-26;1-3-7-11-9(5-1)10-6-2-4-8-12(10)13-11;/h4-21H,1-3H3;1-8H;/q2*-1;+2.